The smallest absolute Gasteiger partial charge is 0.251 e. The highest BCUT2D eigenvalue weighted by molar-refractivity contribution is 5.94. The average Bonchev–Trinajstić information content (AvgIpc) is 2.67. The standard InChI is InChI=1S/C21H19F2NO2/c22-19-8-7-17(20(23)13-19)4-1-15-2-5-18(6-3-15)21(25)24-14-16-9-11-26-12-10-16/h2-3,5-8,13,16H,9-12,14H2,(H,24,25). The second-order valence-corrected chi connectivity index (χ2v) is 6.22. The molecule has 0 aromatic heterocycles. The first-order valence-corrected chi connectivity index (χ1v) is 8.55. The topological polar surface area (TPSA) is 38.3 Å². The first kappa shape index (κ1) is 18.1. The van der Waals surface area contributed by atoms with E-state index in [1.54, 1.807) is 24.3 Å². The summed E-state index contributed by atoms with van der Waals surface area (Å²) < 4.78 is 31.7. The number of hydrogen-bond donors (Lipinski definition) is 1. The molecule has 0 bridgehead atoms. The van der Waals surface area contributed by atoms with Gasteiger partial charge < -0.3 is 10.1 Å². The van der Waals surface area contributed by atoms with Crippen molar-refractivity contribution in [2.45, 2.75) is 12.8 Å². The maximum absolute atomic E-state index is 13.6. The number of amides is 1. The van der Waals surface area contributed by atoms with Crippen LogP contribution in [0, 0.1) is 29.4 Å². The Morgan fingerprint density at radius 2 is 1.81 bits per heavy atom. The number of carbonyl (C=O) groups is 1. The molecular formula is C21H19F2NO2. The Labute approximate surface area is 151 Å². The molecule has 1 aliphatic rings. The third-order valence-electron chi connectivity index (χ3n) is 4.31. The Morgan fingerprint density at radius 3 is 2.50 bits per heavy atom. The molecule has 1 aliphatic heterocycles. The fourth-order valence-electron chi connectivity index (χ4n) is 2.72. The maximum atomic E-state index is 13.6. The minimum atomic E-state index is -0.693. The highest BCUT2D eigenvalue weighted by atomic mass is 19.1. The first-order chi connectivity index (χ1) is 12.6. The van der Waals surface area contributed by atoms with Crippen LogP contribution in [0.5, 0.6) is 0 Å². The van der Waals surface area contributed by atoms with Gasteiger partial charge in [-0.3, -0.25) is 4.79 Å². The van der Waals surface area contributed by atoms with Crippen molar-refractivity contribution >= 4 is 5.91 Å². The molecule has 1 heterocycles. The summed E-state index contributed by atoms with van der Waals surface area (Å²) in [6, 6.07) is 10.1. The van der Waals surface area contributed by atoms with Crippen molar-refractivity contribution in [1.82, 2.24) is 5.32 Å². The summed E-state index contributed by atoms with van der Waals surface area (Å²) in [5.41, 5.74) is 1.33. The molecule has 2 aromatic rings. The van der Waals surface area contributed by atoms with Gasteiger partial charge in [-0.15, -0.1) is 0 Å². The lowest BCUT2D eigenvalue weighted by molar-refractivity contribution is 0.0642. The van der Waals surface area contributed by atoms with E-state index in [0.29, 0.717) is 23.6 Å². The van der Waals surface area contributed by atoms with Gasteiger partial charge in [-0.2, -0.15) is 0 Å². The molecule has 0 radical (unpaired) electrons. The van der Waals surface area contributed by atoms with Crippen molar-refractivity contribution < 1.29 is 18.3 Å². The Hall–Kier alpha value is -2.71. The van der Waals surface area contributed by atoms with E-state index in [0.717, 1.165) is 32.1 Å². The van der Waals surface area contributed by atoms with Crippen LogP contribution in [-0.4, -0.2) is 25.7 Å². The van der Waals surface area contributed by atoms with Crippen molar-refractivity contribution in [1.29, 1.82) is 0 Å². The summed E-state index contributed by atoms with van der Waals surface area (Å²) in [6.45, 7) is 2.15. The second-order valence-electron chi connectivity index (χ2n) is 6.22. The molecule has 2 aromatic carbocycles. The fraction of sp³-hybridized carbons (Fsp3) is 0.286. The largest absolute Gasteiger partial charge is 0.381 e. The molecule has 5 heteroatoms. The zero-order valence-corrected chi connectivity index (χ0v) is 14.2. The number of hydrogen-bond acceptors (Lipinski definition) is 2. The van der Waals surface area contributed by atoms with Crippen molar-refractivity contribution in [3.05, 3.63) is 70.8 Å². The van der Waals surface area contributed by atoms with Gasteiger partial charge in [0.15, 0.2) is 0 Å². The van der Waals surface area contributed by atoms with Crippen molar-refractivity contribution in [3.63, 3.8) is 0 Å². The SMILES string of the molecule is O=C(NCC1CCOCC1)c1ccc(C#Cc2ccc(F)cc2F)cc1. The van der Waals surface area contributed by atoms with E-state index in [9.17, 15) is 13.6 Å². The Balaban J connectivity index is 1.59. The quantitative estimate of drug-likeness (QED) is 0.856. The summed E-state index contributed by atoms with van der Waals surface area (Å²) in [5, 5.41) is 2.94. The van der Waals surface area contributed by atoms with Gasteiger partial charge in [0.1, 0.15) is 11.6 Å². The number of benzene rings is 2. The zero-order valence-electron chi connectivity index (χ0n) is 14.2. The van der Waals surface area contributed by atoms with Gasteiger partial charge in [0.2, 0.25) is 0 Å². The van der Waals surface area contributed by atoms with Crippen LogP contribution in [0.25, 0.3) is 0 Å². The van der Waals surface area contributed by atoms with Crippen LogP contribution in [0.2, 0.25) is 0 Å². The minimum Gasteiger partial charge on any atom is -0.381 e. The Bertz CT molecular complexity index is 831. The van der Waals surface area contributed by atoms with E-state index in [2.05, 4.69) is 17.2 Å². The molecule has 0 saturated carbocycles. The molecule has 134 valence electrons. The lowest BCUT2D eigenvalue weighted by Gasteiger charge is -2.22. The Kier molecular flexibility index (Phi) is 5.98. The van der Waals surface area contributed by atoms with Gasteiger partial charge in [-0.05, 0) is 55.2 Å². The normalized spacial score (nSPS) is 14.4. The molecule has 0 atom stereocenters. The second kappa shape index (κ2) is 8.59. The van der Waals surface area contributed by atoms with E-state index in [1.165, 1.54) is 12.1 Å². The summed E-state index contributed by atoms with van der Waals surface area (Å²) in [5.74, 6) is 4.49. The van der Waals surface area contributed by atoms with Crippen LogP contribution in [-0.2, 0) is 4.74 Å². The lowest BCUT2D eigenvalue weighted by Crippen LogP contribution is -2.32. The average molecular weight is 355 g/mol. The minimum absolute atomic E-state index is 0.124. The van der Waals surface area contributed by atoms with Gasteiger partial charge in [0.25, 0.3) is 5.91 Å². The molecule has 1 fully saturated rings. The Morgan fingerprint density at radius 1 is 1.08 bits per heavy atom. The van der Waals surface area contributed by atoms with Crippen LogP contribution >= 0.6 is 0 Å². The number of rotatable bonds is 3. The van der Waals surface area contributed by atoms with E-state index in [1.807, 2.05) is 0 Å². The monoisotopic (exact) mass is 355 g/mol. The molecule has 26 heavy (non-hydrogen) atoms. The summed E-state index contributed by atoms with van der Waals surface area (Å²) in [4.78, 5) is 12.2. The van der Waals surface area contributed by atoms with Crippen LogP contribution in [0.4, 0.5) is 8.78 Å². The number of nitrogens with one attached hydrogen (secondary N) is 1. The van der Waals surface area contributed by atoms with Crippen molar-refractivity contribution in [2.24, 2.45) is 5.92 Å². The molecular weight excluding hydrogens is 336 g/mol. The molecule has 1 N–H and O–H groups in total. The van der Waals surface area contributed by atoms with E-state index < -0.39 is 11.6 Å². The lowest BCUT2D eigenvalue weighted by atomic mass is 10.0. The van der Waals surface area contributed by atoms with Crippen LogP contribution in [0.3, 0.4) is 0 Å². The van der Waals surface area contributed by atoms with E-state index in [-0.39, 0.29) is 11.5 Å². The molecule has 0 aliphatic carbocycles. The molecule has 1 saturated heterocycles. The van der Waals surface area contributed by atoms with Gasteiger partial charge in [-0.1, -0.05) is 11.8 Å². The molecule has 0 spiro atoms. The summed E-state index contributed by atoms with van der Waals surface area (Å²) in [7, 11) is 0. The van der Waals surface area contributed by atoms with Gasteiger partial charge >= 0.3 is 0 Å². The fourth-order valence-corrected chi connectivity index (χ4v) is 2.72. The van der Waals surface area contributed by atoms with Crippen LogP contribution in [0.1, 0.15) is 34.3 Å². The van der Waals surface area contributed by atoms with E-state index in [4.69, 9.17) is 4.74 Å². The van der Waals surface area contributed by atoms with Crippen LogP contribution in [0.15, 0.2) is 42.5 Å². The van der Waals surface area contributed by atoms with E-state index >= 15 is 0 Å². The van der Waals surface area contributed by atoms with Crippen molar-refractivity contribution in [2.75, 3.05) is 19.8 Å². The van der Waals surface area contributed by atoms with Gasteiger partial charge in [0.05, 0.1) is 5.56 Å². The summed E-state index contributed by atoms with van der Waals surface area (Å²) >= 11 is 0. The summed E-state index contributed by atoms with van der Waals surface area (Å²) in [6.07, 6.45) is 1.93. The third kappa shape index (κ3) is 4.90. The number of ether oxygens (including phenoxy) is 1. The van der Waals surface area contributed by atoms with Crippen LogP contribution < -0.4 is 5.32 Å². The molecule has 0 unspecified atom stereocenters. The van der Waals surface area contributed by atoms with Gasteiger partial charge in [0, 0.05) is 37.0 Å². The van der Waals surface area contributed by atoms with Gasteiger partial charge in [-0.25, -0.2) is 8.78 Å². The highest BCUT2D eigenvalue weighted by Gasteiger charge is 2.15. The zero-order chi connectivity index (χ0) is 18.4. The predicted molar refractivity (Wildman–Crippen MR) is 94.7 cm³/mol. The highest BCUT2D eigenvalue weighted by Crippen LogP contribution is 2.14. The molecule has 3 rings (SSSR count). The van der Waals surface area contributed by atoms with Crippen molar-refractivity contribution in [3.8, 4) is 11.8 Å². The predicted octanol–water partition coefficient (Wildman–Crippen LogP) is 3.52. The number of carbonyl (C=O) groups excluding carboxylic acids is 1. The molecule has 3 nitrogen and oxygen atoms in total. The first-order valence-electron chi connectivity index (χ1n) is 8.55. The maximum Gasteiger partial charge on any atom is 0.251 e. The number of halogens is 2. The molecule has 1 amide bonds. The third-order valence-corrected chi connectivity index (χ3v) is 4.31.